The highest BCUT2D eigenvalue weighted by atomic mass is 16.5. The molecule has 0 unspecified atom stereocenters. The molecule has 90 valence electrons. The van der Waals surface area contributed by atoms with Crippen LogP contribution in [0.25, 0.3) is 0 Å². The second kappa shape index (κ2) is 8.72. The van der Waals surface area contributed by atoms with Crippen molar-refractivity contribution in [3.63, 3.8) is 0 Å². The van der Waals surface area contributed by atoms with E-state index in [0.29, 0.717) is 12.5 Å². The van der Waals surface area contributed by atoms with E-state index in [1.807, 2.05) is 0 Å². The highest BCUT2D eigenvalue weighted by Gasteiger charge is 2.13. The van der Waals surface area contributed by atoms with Crippen LogP contribution < -0.4 is 5.73 Å². The fourth-order valence-corrected chi connectivity index (χ4v) is 1.31. The van der Waals surface area contributed by atoms with Crippen molar-refractivity contribution in [2.24, 2.45) is 11.7 Å². The molecule has 0 aliphatic carbocycles. The molecule has 0 heterocycles. The van der Waals surface area contributed by atoms with Crippen LogP contribution >= 0.6 is 0 Å². The molecule has 0 amide bonds. The van der Waals surface area contributed by atoms with E-state index in [-0.39, 0.29) is 5.97 Å². The van der Waals surface area contributed by atoms with Crippen LogP contribution in [0.5, 0.6) is 0 Å². The van der Waals surface area contributed by atoms with Gasteiger partial charge >= 0.3 is 5.97 Å². The van der Waals surface area contributed by atoms with Gasteiger partial charge in [-0.3, -0.25) is 4.79 Å². The predicted molar refractivity (Wildman–Crippen MR) is 62.5 cm³/mol. The average molecular weight is 215 g/mol. The zero-order valence-electron chi connectivity index (χ0n) is 10.3. The summed E-state index contributed by atoms with van der Waals surface area (Å²) < 4.78 is 5.09. The first kappa shape index (κ1) is 14.4. The predicted octanol–water partition coefficient (Wildman–Crippen LogP) is 2.48. The third kappa shape index (κ3) is 8.43. The number of rotatable bonds is 8. The Morgan fingerprint density at radius 1 is 1.27 bits per heavy atom. The van der Waals surface area contributed by atoms with E-state index in [1.165, 1.54) is 0 Å². The molecule has 0 aromatic rings. The second-order valence-corrected chi connectivity index (χ2v) is 4.45. The first-order valence-electron chi connectivity index (χ1n) is 6.00. The summed E-state index contributed by atoms with van der Waals surface area (Å²) in [6, 6.07) is -0.427. The van der Waals surface area contributed by atoms with Crippen molar-refractivity contribution in [3.05, 3.63) is 0 Å². The third-order valence-electron chi connectivity index (χ3n) is 2.34. The number of carbonyl (C=O) groups is 1. The fourth-order valence-electron chi connectivity index (χ4n) is 1.31. The van der Waals surface area contributed by atoms with Gasteiger partial charge < -0.3 is 10.5 Å². The molecule has 0 aromatic heterocycles. The van der Waals surface area contributed by atoms with Gasteiger partial charge in [0.15, 0.2) is 0 Å². The number of unbranched alkanes of at least 4 members (excludes halogenated alkanes) is 1. The van der Waals surface area contributed by atoms with Gasteiger partial charge in [0, 0.05) is 0 Å². The number of ether oxygens (including phenoxy) is 1. The van der Waals surface area contributed by atoms with E-state index in [4.69, 9.17) is 10.5 Å². The van der Waals surface area contributed by atoms with Crippen LogP contribution in [-0.2, 0) is 9.53 Å². The summed E-state index contributed by atoms with van der Waals surface area (Å²) in [7, 11) is 0. The van der Waals surface area contributed by atoms with Crippen molar-refractivity contribution in [2.45, 2.75) is 58.9 Å². The first-order chi connectivity index (χ1) is 7.07. The largest absolute Gasteiger partial charge is 0.465 e. The van der Waals surface area contributed by atoms with E-state index < -0.39 is 6.04 Å². The SMILES string of the molecule is CCCC[C@H](N)C(=O)OCCCC(C)C. The highest BCUT2D eigenvalue weighted by Crippen LogP contribution is 2.05. The van der Waals surface area contributed by atoms with Crippen LogP contribution in [-0.4, -0.2) is 18.6 Å². The van der Waals surface area contributed by atoms with Crippen molar-refractivity contribution < 1.29 is 9.53 Å². The lowest BCUT2D eigenvalue weighted by molar-refractivity contribution is -0.145. The number of nitrogens with two attached hydrogens (primary N) is 1. The zero-order chi connectivity index (χ0) is 11.7. The van der Waals surface area contributed by atoms with E-state index in [0.717, 1.165) is 32.1 Å². The Balaban J connectivity index is 3.47. The molecule has 0 saturated heterocycles. The molecule has 15 heavy (non-hydrogen) atoms. The summed E-state index contributed by atoms with van der Waals surface area (Å²) in [5, 5.41) is 0. The molecule has 0 radical (unpaired) electrons. The minimum Gasteiger partial charge on any atom is -0.465 e. The number of carbonyl (C=O) groups excluding carboxylic acids is 1. The number of hydrogen-bond donors (Lipinski definition) is 1. The Hall–Kier alpha value is -0.570. The van der Waals surface area contributed by atoms with Crippen molar-refractivity contribution in [1.82, 2.24) is 0 Å². The lowest BCUT2D eigenvalue weighted by atomic mass is 10.1. The first-order valence-corrected chi connectivity index (χ1v) is 6.00. The van der Waals surface area contributed by atoms with Gasteiger partial charge in [0.2, 0.25) is 0 Å². The standard InChI is InChI=1S/C12H25NO2/c1-4-5-8-11(13)12(14)15-9-6-7-10(2)3/h10-11H,4-9,13H2,1-3H3/t11-/m0/s1. The summed E-state index contributed by atoms with van der Waals surface area (Å²) in [6.07, 6.45) is 4.82. The molecule has 0 rings (SSSR count). The van der Waals surface area contributed by atoms with Crippen molar-refractivity contribution >= 4 is 5.97 Å². The second-order valence-electron chi connectivity index (χ2n) is 4.45. The maximum atomic E-state index is 11.3. The molecule has 0 saturated carbocycles. The van der Waals surface area contributed by atoms with Crippen molar-refractivity contribution in [2.75, 3.05) is 6.61 Å². The average Bonchev–Trinajstić information content (AvgIpc) is 2.20. The minimum absolute atomic E-state index is 0.243. The zero-order valence-corrected chi connectivity index (χ0v) is 10.3. The van der Waals surface area contributed by atoms with Crippen LogP contribution in [0.4, 0.5) is 0 Å². The molecule has 0 aromatic carbocycles. The molecule has 0 aliphatic rings. The van der Waals surface area contributed by atoms with Gasteiger partial charge in [-0.1, -0.05) is 33.6 Å². The van der Waals surface area contributed by atoms with Gasteiger partial charge in [-0.15, -0.1) is 0 Å². The molecule has 3 heteroatoms. The van der Waals surface area contributed by atoms with Gasteiger partial charge in [0.25, 0.3) is 0 Å². The summed E-state index contributed by atoms with van der Waals surface area (Å²) in [6.45, 7) is 6.92. The molecule has 0 fully saturated rings. The Labute approximate surface area is 93.4 Å². The van der Waals surface area contributed by atoms with Gasteiger partial charge in [0.1, 0.15) is 6.04 Å². The summed E-state index contributed by atoms with van der Waals surface area (Å²) in [5.41, 5.74) is 5.67. The summed E-state index contributed by atoms with van der Waals surface area (Å²) in [4.78, 5) is 11.3. The molecule has 0 aliphatic heterocycles. The van der Waals surface area contributed by atoms with E-state index in [1.54, 1.807) is 0 Å². The van der Waals surface area contributed by atoms with Crippen molar-refractivity contribution in [3.8, 4) is 0 Å². The Kier molecular flexibility index (Phi) is 8.38. The molecular formula is C12H25NO2. The maximum Gasteiger partial charge on any atom is 0.322 e. The highest BCUT2D eigenvalue weighted by molar-refractivity contribution is 5.75. The Bertz CT molecular complexity index is 169. The molecule has 3 nitrogen and oxygen atoms in total. The maximum absolute atomic E-state index is 11.3. The number of esters is 1. The smallest absolute Gasteiger partial charge is 0.322 e. The molecule has 2 N–H and O–H groups in total. The normalized spacial score (nSPS) is 12.9. The van der Waals surface area contributed by atoms with Crippen molar-refractivity contribution in [1.29, 1.82) is 0 Å². The van der Waals surface area contributed by atoms with E-state index in [2.05, 4.69) is 20.8 Å². The fraction of sp³-hybridized carbons (Fsp3) is 0.917. The topological polar surface area (TPSA) is 52.3 Å². The molecule has 0 bridgehead atoms. The lowest BCUT2D eigenvalue weighted by Gasteiger charge is -2.11. The summed E-state index contributed by atoms with van der Waals surface area (Å²) in [5.74, 6) is 0.421. The van der Waals surface area contributed by atoms with Gasteiger partial charge in [-0.2, -0.15) is 0 Å². The monoisotopic (exact) mass is 215 g/mol. The van der Waals surface area contributed by atoms with Crippen LogP contribution in [0.3, 0.4) is 0 Å². The Morgan fingerprint density at radius 3 is 2.47 bits per heavy atom. The van der Waals surface area contributed by atoms with Gasteiger partial charge in [-0.05, 0) is 25.2 Å². The van der Waals surface area contributed by atoms with Crippen LogP contribution in [0.15, 0.2) is 0 Å². The van der Waals surface area contributed by atoms with Crippen LogP contribution in [0.2, 0.25) is 0 Å². The minimum atomic E-state index is -0.427. The molecular weight excluding hydrogens is 190 g/mol. The van der Waals surface area contributed by atoms with Gasteiger partial charge in [-0.25, -0.2) is 0 Å². The third-order valence-corrected chi connectivity index (χ3v) is 2.34. The van der Waals surface area contributed by atoms with Gasteiger partial charge in [0.05, 0.1) is 6.61 Å². The lowest BCUT2D eigenvalue weighted by Crippen LogP contribution is -2.32. The molecule has 0 spiro atoms. The van der Waals surface area contributed by atoms with E-state index in [9.17, 15) is 4.79 Å². The Morgan fingerprint density at radius 2 is 1.93 bits per heavy atom. The quantitative estimate of drug-likeness (QED) is 0.500. The van der Waals surface area contributed by atoms with Crippen LogP contribution in [0.1, 0.15) is 52.9 Å². The van der Waals surface area contributed by atoms with Crippen LogP contribution in [0, 0.1) is 5.92 Å². The number of hydrogen-bond acceptors (Lipinski definition) is 3. The van der Waals surface area contributed by atoms with E-state index >= 15 is 0 Å². The molecule has 1 atom stereocenters. The summed E-state index contributed by atoms with van der Waals surface area (Å²) >= 11 is 0.